The average molecular weight is 369 g/mol. The minimum atomic E-state index is -0.456. The Labute approximate surface area is 161 Å². The maximum absolute atomic E-state index is 13.8. The number of carbonyl (C=O) groups is 2. The van der Waals surface area contributed by atoms with Crippen molar-refractivity contribution in [1.82, 2.24) is 0 Å². The molecule has 0 aromatic heterocycles. The third-order valence-corrected chi connectivity index (χ3v) is 6.51. The normalized spacial score (nSPS) is 26.8. The molecule has 4 aliphatic rings. The number of carbonyl (C=O) groups excluding carboxylic acids is 2. The van der Waals surface area contributed by atoms with Crippen molar-refractivity contribution >= 4 is 17.5 Å². The highest BCUT2D eigenvalue weighted by molar-refractivity contribution is 6.23. The van der Waals surface area contributed by atoms with Gasteiger partial charge < -0.3 is 0 Å². The molecule has 28 heavy (non-hydrogen) atoms. The van der Waals surface area contributed by atoms with E-state index in [1.54, 1.807) is 6.07 Å². The lowest BCUT2D eigenvalue weighted by molar-refractivity contribution is -0.122. The van der Waals surface area contributed by atoms with Gasteiger partial charge in [-0.1, -0.05) is 54.6 Å². The van der Waals surface area contributed by atoms with Crippen molar-refractivity contribution in [3.63, 3.8) is 0 Å². The Morgan fingerprint density at radius 2 is 1.11 bits per heavy atom. The lowest BCUT2D eigenvalue weighted by atomic mass is 9.55. The summed E-state index contributed by atoms with van der Waals surface area (Å²) in [6.07, 6.45) is 0. The minimum Gasteiger partial charge on any atom is -0.274 e. The van der Waals surface area contributed by atoms with E-state index in [4.69, 9.17) is 0 Å². The molecule has 7 rings (SSSR count). The fraction of sp³-hybridized carbons (Fsp3) is 0.167. The van der Waals surface area contributed by atoms with Crippen LogP contribution in [0.2, 0.25) is 0 Å². The van der Waals surface area contributed by atoms with Crippen molar-refractivity contribution in [3.05, 3.63) is 101 Å². The zero-order valence-corrected chi connectivity index (χ0v) is 14.9. The van der Waals surface area contributed by atoms with Crippen molar-refractivity contribution in [2.75, 3.05) is 4.90 Å². The molecular weight excluding hydrogens is 353 g/mol. The molecule has 0 unspecified atom stereocenters. The van der Waals surface area contributed by atoms with E-state index < -0.39 is 17.7 Å². The van der Waals surface area contributed by atoms with Crippen LogP contribution in [0, 0.1) is 17.7 Å². The third-order valence-electron chi connectivity index (χ3n) is 6.51. The van der Waals surface area contributed by atoms with Crippen LogP contribution in [0.4, 0.5) is 10.1 Å². The van der Waals surface area contributed by atoms with Crippen LogP contribution >= 0.6 is 0 Å². The molecule has 1 heterocycles. The molecule has 3 aromatic rings. The SMILES string of the molecule is O=C1[C@@H]2C3c4ccccc4C(c4ccccc43)[C@@H]2C(=O)N1c1cccc(F)c1. The molecule has 1 fully saturated rings. The zero-order valence-electron chi connectivity index (χ0n) is 14.9. The van der Waals surface area contributed by atoms with E-state index in [1.165, 1.54) is 23.1 Å². The quantitative estimate of drug-likeness (QED) is 0.602. The summed E-state index contributed by atoms with van der Waals surface area (Å²) < 4.78 is 13.8. The number of hydrogen-bond acceptors (Lipinski definition) is 2. The molecule has 136 valence electrons. The number of hydrogen-bond donors (Lipinski definition) is 0. The fourth-order valence-electron chi connectivity index (χ4n) is 5.55. The van der Waals surface area contributed by atoms with Crippen molar-refractivity contribution in [1.29, 1.82) is 0 Å². The number of imide groups is 1. The molecule has 1 aliphatic heterocycles. The van der Waals surface area contributed by atoms with E-state index in [9.17, 15) is 14.0 Å². The summed E-state index contributed by atoms with van der Waals surface area (Å²) in [5.74, 6) is -2.06. The molecule has 4 heteroatoms. The summed E-state index contributed by atoms with van der Waals surface area (Å²) >= 11 is 0. The number of halogens is 1. The Balaban J connectivity index is 1.58. The van der Waals surface area contributed by atoms with Crippen LogP contribution < -0.4 is 4.90 Å². The van der Waals surface area contributed by atoms with Gasteiger partial charge >= 0.3 is 0 Å². The molecule has 0 spiro atoms. The summed E-state index contributed by atoms with van der Waals surface area (Å²) in [4.78, 5) is 28.1. The van der Waals surface area contributed by atoms with Crippen LogP contribution in [-0.4, -0.2) is 11.8 Å². The first kappa shape index (κ1) is 15.8. The maximum Gasteiger partial charge on any atom is 0.238 e. The van der Waals surface area contributed by atoms with E-state index in [1.807, 2.05) is 24.3 Å². The first-order chi connectivity index (χ1) is 13.7. The van der Waals surface area contributed by atoms with Gasteiger partial charge in [-0.15, -0.1) is 0 Å². The smallest absolute Gasteiger partial charge is 0.238 e. The van der Waals surface area contributed by atoms with Crippen LogP contribution in [0.3, 0.4) is 0 Å². The second-order valence-electron chi connectivity index (χ2n) is 7.76. The van der Waals surface area contributed by atoms with E-state index >= 15 is 0 Å². The average Bonchev–Trinajstić information content (AvgIpc) is 2.99. The van der Waals surface area contributed by atoms with Gasteiger partial charge in [0.2, 0.25) is 11.8 Å². The number of amides is 2. The first-order valence-corrected chi connectivity index (χ1v) is 9.48. The molecule has 3 aliphatic carbocycles. The topological polar surface area (TPSA) is 37.4 Å². The molecule has 0 N–H and O–H groups in total. The second-order valence-corrected chi connectivity index (χ2v) is 7.76. The lowest BCUT2D eigenvalue weighted by Crippen LogP contribution is -2.41. The molecule has 2 atom stereocenters. The highest BCUT2D eigenvalue weighted by Gasteiger charge is 2.61. The number of rotatable bonds is 1. The van der Waals surface area contributed by atoms with Gasteiger partial charge in [0.05, 0.1) is 17.5 Å². The van der Waals surface area contributed by atoms with Crippen molar-refractivity contribution in [3.8, 4) is 0 Å². The predicted molar refractivity (Wildman–Crippen MR) is 102 cm³/mol. The fourth-order valence-corrected chi connectivity index (χ4v) is 5.55. The molecule has 0 radical (unpaired) electrons. The summed E-state index contributed by atoms with van der Waals surface area (Å²) in [7, 11) is 0. The third kappa shape index (κ3) is 1.82. The monoisotopic (exact) mass is 369 g/mol. The highest BCUT2D eigenvalue weighted by atomic mass is 19.1. The molecule has 0 saturated carbocycles. The summed E-state index contributed by atoms with van der Waals surface area (Å²) in [6.45, 7) is 0. The lowest BCUT2D eigenvalue weighted by Gasteiger charge is -2.45. The van der Waals surface area contributed by atoms with Crippen LogP contribution in [0.1, 0.15) is 34.1 Å². The first-order valence-electron chi connectivity index (χ1n) is 9.48. The molecule has 2 bridgehead atoms. The Kier molecular flexibility index (Phi) is 3.03. The largest absolute Gasteiger partial charge is 0.274 e. The van der Waals surface area contributed by atoms with Crippen molar-refractivity contribution in [2.24, 2.45) is 11.8 Å². The maximum atomic E-state index is 13.8. The number of benzene rings is 3. The Morgan fingerprint density at radius 1 is 0.643 bits per heavy atom. The molecule has 1 saturated heterocycles. The van der Waals surface area contributed by atoms with E-state index in [-0.39, 0.29) is 23.7 Å². The van der Waals surface area contributed by atoms with Crippen LogP contribution in [0.25, 0.3) is 0 Å². The minimum absolute atomic E-state index is 0.141. The van der Waals surface area contributed by atoms with Gasteiger partial charge in [0.15, 0.2) is 0 Å². The Hall–Kier alpha value is -3.27. The summed E-state index contributed by atoms with van der Waals surface area (Å²) in [5.41, 5.74) is 4.85. The van der Waals surface area contributed by atoms with Crippen molar-refractivity contribution < 1.29 is 14.0 Å². The zero-order chi connectivity index (χ0) is 19.0. The molecule has 3 nitrogen and oxygen atoms in total. The van der Waals surface area contributed by atoms with Crippen LogP contribution in [0.15, 0.2) is 72.8 Å². The molecule has 2 amide bonds. The van der Waals surface area contributed by atoms with Gasteiger partial charge in [-0.2, -0.15) is 0 Å². The van der Waals surface area contributed by atoms with E-state index in [2.05, 4.69) is 24.3 Å². The van der Waals surface area contributed by atoms with Gasteiger partial charge in [0.1, 0.15) is 5.82 Å². The molecule has 3 aromatic carbocycles. The van der Waals surface area contributed by atoms with Gasteiger partial charge in [-0.25, -0.2) is 9.29 Å². The second kappa shape index (κ2) is 5.38. The van der Waals surface area contributed by atoms with E-state index in [0.29, 0.717) is 5.69 Å². The van der Waals surface area contributed by atoms with Gasteiger partial charge in [0, 0.05) is 11.8 Å². The van der Waals surface area contributed by atoms with Gasteiger partial charge in [-0.3, -0.25) is 9.59 Å². The Bertz CT molecular complexity index is 1060. The summed E-state index contributed by atoms with van der Waals surface area (Å²) in [6, 6.07) is 22.0. The van der Waals surface area contributed by atoms with Gasteiger partial charge in [0.25, 0.3) is 0 Å². The summed E-state index contributed by atoms with van der Waals surface area (Å²) in [5, 5.41) is 0. The van der Waals surface area contributed by atoms with Crippen molar-refractivity contribution in [2.45, 2.75) is 11.8 Å². The predicted octanol–water partition coefficient (Wildman–Crippen LogP) is 4.22. The Morgan fingerprint density at radius 3 is 1.54 bits per heavy atom. The van der Waals surface area contributed by atoms with Gasteiger partial charge in [-0.05, 0) is 40.5 Å². The number of nitrogens with zero attached hydrogens (tertiary/aromatic N) is 1. The van der Waals surface area contributed by atoms with Crippen LogP contribution in [0.5, 0.6) is 0 Å². The molecular formula is C24H16FNO2. The van der Waals surface area contributed by atoms with E-state index in [0.717, 1.165) is 22.3 Å². The van der Waals surface area contributed by atoms with Crippen LogP contribution in [-0.2, 0) is 9.59 Å². The highest BCUT2D eigenvalue weighted by Crippen LogP contribution is 2.61. The standard InChI is InChI=1S/C24H16FNO2/c25-13-6-5-7-14(12-13)26-23(27)21-19-15-8-1-2-9-16(15)20(22(21)24(26)28)18-11-4-3-10-17(18)19/h1-12,19-22H/t19?,20?,21-,22+. The number of anilines is 1.